The number of hydrogen-bond donors (Lipinski definition) is 2. The average molecular weight is 412 g/mol. The van der Waals surface area contributed by atoms with Gasteiger partial charge in [0.2, 0.25) is 0 Å². The fourth-order valence-corrected chi connectivity index (χ4v) is 3.00. The van der Waals surface area contributed by atoms with Crippen LogP contribution < -0.4 is 11.1 Å². The van der Waals surface area contributed by atoms with Crippen molar-refractivity contribution in [1.29, 1.82) is 0 Å². The molecule has 3 N–H and O–H groups in total. The van der Waals surface area contributed by atoms with Crippen LogP contribution in [0.25, 0.3) is 0 Å². The van der Waals surface area contributed by atoms with E-state index in [2.05, 4.69) is 17.0 Å². The number of carbonyl (C=O) groups is 1. The van der Waals surface area contributed by atoms with Gasteiger partial charge < -0.3 is 16.0 Å². The fourth-order valence-electron chi connectivity index (χ4n) is 3.00. The van der Waals surface area contributed by atoms with E-state index in [1.54, 1.807) is 27.9 Å². The second kappa shape index (κ2) is 10.0. The van der Waals surface area contributed by atoms with Crippen molar-refractivity contribution in [2.24, 2.45) is 12.8 Å². The largest absolute Gasteiger partial charge is 0.339 e. The number of carbonyl (C=O) groups excluding carboxylic acids is 1. The van der Waals surface area contributed by atoms with Crippen LogP contribution in [-0.2, 0) is 20.1 Å². The molecule has 1 aromatic heterocycles. The van der Waals surface area contributed by atoms with E-state index >= 15 is 0 Å². The number of fused-ring (bicyclic) bond motifs is 1. The highest BCUT2D eigenvalue weighted by Gasteiger charge is 2.28. The number of nitrogens with one attached hydrogen (secondary N) is 1. The topological polar surface area (TPSA) is 76.2 Å². The van der Waals surface area contributed by atoms with Gasteiger partial charge in [0.25, 0.3) is 5.91 Å². The first-order valence-corrected chi connectivity index (χ1v) is 9.94. The van der Waals surface area contributed by atoms with Crippen molar-refractivity contribution in [1.82, 2.24) is 14.7 Å². The van der Waals surface area contributed by atoms with Crippen LogP contribution in [0.5, 0.6) is 0 Å². The third-order valence-corrected chi connectivity index (χ3v) is 4.55. The van der Waals surface area contributed by atoms with Crippen LogP contribution in [0.1, 0.15) is 49.2 Å². The molecule has 0 spiro atoms. The number of nitrogens with zero attached hydrogens (tertiary/aromatic N) is 3. The highest BCUT2D eigenvalue weighted by atomic mass is 19.1. The molecule has 2 heterocycles. The predicted molar refractivity (Wildman–Crippen MR) is 119 cm³/mol. The molecule has 3 rings (SSSR count). The van der Waals surface area contributed by atoms with E-state index in [4.69, 9.17) is 5.73 Å². The third-order valence-electron chi connectivity index (χ3n) is 4.55. The summed E-state index contributed by atoms with van der Waals surface area (Å²) in [6, 6.07) is 4.37. The predicted octanol–water partition coefficient (Wildman–Crippen LogP) is 4.48. The minimum absolute atomic E-state index is 0.0789. The molecule has 0 fully saturated rings. The van der Waals surface area contributed by atoms with Gasteiger partial charge in [-0.15, -0.1) is 0 Å². The SMILES string of the molecule is C=C1Nc2c(cnn2C)CN(C(=O)c2ccc(CN)c(F)c2)/C1=C/C=C(C)C.CC. The van der Waals surface area contributed by atoms with Crippen molar-refractivity contribution < 1.29 is 9.18 Å². The van der Waals surface area contributed by atoms with Gasteiger partial charge in [0.15, 0.2) is 0 Å². The Morgan fingerprint density at radius 1 is 1.37 bits per heavy atom. The number of amides is 1. The second-order valence-electron chi connectivity index (χ2n) is 6.94. The molecule has 0 saturated carbocycles. The van der Waals surface area contributed by atoms with Crippen LogP contribution in [0.4, 0.5) is 10.2 Å². The van der Waals surface area contributed by atoms with Gasteiger partial charge in [0.05, 0.1) is 24.1 Å². The van der Waals surface area contributed by atoms with E-state index in [1.165, 1.54) is 6.07 Å². The van der Waals surface area contributed by atoms with Crippen LogP contribution in [-0.4, -0.2) is 20.6 Å². The lowest BCUT2D eigenvalue weighted by Gasteiger charge is -2.24. The Hall–Kier alpha value is -3.19. The summed E-state index contributed by atoms with van der Waals surface area (Å²) in [7, 11) is 1.82. The summed E-state index contributed by atoms with van der Waals surface area (Å²) in [6.45, 7) is 12.4. The Balaban J connectivity index is 0.00000155. The Morgan fingerprint density at radius 2 is 2.07 bits per heavy atom. The Kier molecular flexibility index (Phi) is 7.72. The van der Waals surface area contributed by atoms with Crippen LogP contribution in [0.2, 0.25) is 0 Å². The standard InChI is InChI=1S/C21H24FN5O.C2H6/c1-13(2)5-8-19-14(3)25-20-17(11-24-26(20)4)12-27(19)21(28)15-6-7-16(10-23)18(22)9-15;1-2/h5-9,11,25H,3,10,12,23H2,1-2,4H3;1-2H3/b19-8+;. The maximum atomic E-state index is 14.2. The number of aryl methyl sites for hydroxylation is 1. The summed E-state index contributed by atoms with van der Waals surface area (Å²) < 4.78 is 15.9. The lowest BCUT2D eigenvalue weighted by molar-refractivity contribution is 0.0800. The van der Waals surface area contributed by atoms with E-state index in [9.17, 15) is 9.18 Å². The number of anilines is 1. The minimum Gasteiger partial charge on any atom is -0.339 e. The van der Waals surface area contributed by atoms with Crippen molar-refractivity contribution in [3.05, 3.63) is 82.6 Å². The average Bonchev–Trinajstić information content (AvgIpc) is 2.99. The molecule has 160 valence electrons. The smallest absolute Gasteiger partial charge is 0.258 e. The van der Waals surface area contributed by atoms with Gasteiger partial charge in [-0.25, -0.2) is 4.39 Å². The molecule has 0 saturated heterocycles. The van der Waals surface area contributed by atoms with Crippen LogP contribution in [0.3, 0.4) is 0 Å². The first kappa shape index (κ1) is 23.1. The quantitative estimate of drug-likeness (QED) is 0.781. The van der Waals surface area contributed by atoms with Gasteiger partial charge in [-0.05, 0) is 32.1 Å². The van der Waals surface area contributed by atoms with Gasteiger partial charge >= 0.3 is 0 Å². The van der Waals surface area contributed by atoms with Gasteiger partial charge in [-0.2, -0.15) is 5.10 Å². The Morgan fingerprint density at radius 3 is 2.67 bits per heavy atom. The molecular formula is C23H30FN5O. The molecule has 0 aliphatic carbocycles. The first-order valence-electron chi connectivity index (χ1n) is 9.94. The molecule has 1 amide bonds. The van der Waals surface area contributed by atoms with E-state index in [0.29, 0.717) is 17.0 Å². The summed E-state index contributed by atoms with van der Waals surface area (Å²) >= 11 is 0. The molecular weight excluding hydrogens is 381 g/mol. The van der Waals surface area contributed by atoms with Crippen molar-refractivity contribution in [3.8, 4) is 0 Å². The first-order chi connectivity index (χ1) is 14.3. The molecule has 0 bridgehead atoms. The zero-order chi connectivity index (χ0) is 22.4. The van der Waals surface area contributed by atoms with Crippen LogP contribution >= 0.6 is 0 Å². The summed E-state index contributed by atoms with van der Waals surface area (Å²) in [5.41, 5.74) is 9.24. The molecule has 6 nitrogen and oxygen atoms in total. The summed E-state index contributed by atoms with van der Waals surface area (Å²) in [5.74, 6) is -0.0411. The molecule has 2 aromatic rings. The molecule has 1 aliphatic heterocycles. The Labute approximate surface area is 177 Å². The van der Waals surface area contributed by atoms with Gasteiger partial charge in [-0.3, -0.25) is 9.48 Å². The van der Waals surface area contributed by atoms with Crippen molar-refractivity contribution >= 4 is 11.7 Å². The zero-order valence-corrected chi connectivity index (χ0v) is 18.3. The molecule has 1 aromatic carbocycles. The van der Waals surface area contributed by atoms with E-state index in [1.807, 2.05) is 46.9 Å². The van der Waals surface area contributed by atoms with Crippen LogP contribution in [0.15, 0.2) is 60.1 Å². The number of halogens is 1. The Bertz CT molecular complexity index is 999. The number of nitrogens with two attached hydrogens (primary N) is 1. The zero-order valence-electron chi connectivity index (χ0n) is 18.3. The van der Waals surface area contributed by atoms with E-state index in [0.717, 1.165) is 17.0 Å². The number of benzene rings is 1. The van der Waals surface area contributed by atoms with E-state index in [-0.39, 0.29) is 24.6 Å². The number of allylic oxidation sites excluding steroid dienone is 3. The highest BCUT2D eigenvalue weighted by Crippen LogP contribution is 2.30. The number of aromatic nitrogens is 2. The number of hydrogen-bond acceptors (Lipinski definition) is 4. The van der Waals surface area contributed by atoms with Crippen LogP contribution in [0, 0.1) is 5.82 Å². The van der Waals surface area contributed by atoms with Gasteiger partial charge in [0, 0.05) is 30.3 Å². The summed E-state index contributed by atoms with van der Waals surface area (Å²) in [4.78, 5) is 14.9. The minimum atomic E-state index is -0.489. The number of rotatable bonds is 3. The fraction of sp³-hybridized carbons (Fsp3) is 0.304. The second-order valence-corrected chi connectivity index (χ2v) is 6.94. The lowest BCUT2D eigenvalue weighted by Crippen LogP contribution is -2.30. The summed E-state index contributed by atoms with van der Waals surface area (Å²) in [6.07, 6.45) is 5.46. The lowest BCUT2D eigenvalue weighted by atomic mass is 10.1. The normalized spacial score (nSPS) is 14.3. The molecule has 7 heteroatoms. The maximum absolute atomic E-state index is 14.2. The molecule has 0 radical (unpaired) electrons. The van der Waals surface area contributed by atoms with Crippen molar-refractivity contribution in [2.45, 2.75) is 40.8 Å². The molecule has 30 heavy (non-hydrogen) atoms. The van der Waals surface area contributed by atoms with Gasteiger partial charge in [-0.1, -0.05) is 38.1 Å². The third kappa shape index (κ3) is 4.86. The van der Waals surface area contributed by atoms with E-state index < -0.39 is 5.82 Å². The van der Waals surface area contributed by atoms with Gasteiger partial charge in [0.1, 0.15) is 11.6 Å². The summed E-state index contributed by atoms with van der Waals surface area (Å²) in [5, 5.41) is 7.48. The van der Waals surface area contributed by atoms with Crippen molar-refractivity contribution in [2.75, 3.05) is 5.32 Å². The molecule has 1 aliphatic rings. The molecule has 0 unspecified atom stereocenters. The monoisotopic (exact) mass is 411 g/mol. The molecule has 0 atom stereocenters. The maximum Gasteiger partial charge on any atom is 0.258 e. The highest BCUT2D eigenvalue weighted by molar-refractivity contribution is 5.96. The van der Waals surface area contributed by atoms with Crippen molar-refractivity contribution in [3.63, 3.8) is 0 Å².